The van der Waals surface area contributed by atoms with Crippen molar-refractivity contribution in [2.45, 2.75) is 13.8 Å². The molecule has 0 aromatic rings. The van der Waals surface area contributed by atoms with Gasteiger partial charge in [0.1, 0.15) is 0 Å². The zero-order chi connectivity index (χ0) is 12.2. The predicted octanol–water partition coefficient (Wildman–Crippen LogP) is 0.534. The first-order valence-corrected chi connectivity index (χ1v) is 5.69. The van der Waals surface area contributed by atoms with Crippen LogP contribution in [0.15, 0.2) is 0 Å². The molecule has 0 unspecified atom stereocenters. The van der Waals surface area contributed by atoms with Gasteiger partial charge in [0.15, 0.2) is 0 Å². The van der Waals surface area contributed by atoms with Crippen LogP contribution in [0.3, 0.4) is 0 Å². The third-order valence-electron chi connectivity index (χ3n) is 2.09. The molecule has 0 heterocycles. The zero-order valence-electron chi connectivity index (χ0n) is 10.5. The number of nitrogens with zero attached hydrogens (tertiary/aromatic N) is 1. The Bertz CT molecular complexity index is 165. The van der Waals surface area contributed by atoms with Crippen molar-refractivity contribution >= 4 is 5.97 Å². The van der Waals surface area contributed by atoms with Gasteiger partial charge in [0.05, 0.1) is 26.9 Å². The summed E-state index contributed by atoms with van der Waals surface area (Å²) >= 11 is 0. The molecule has 0 spiro atoms. The van der Waals surface area contributed by atoms with Crippen molar-refractivity contribution in [3.63, 3.8) is 0 Å². The van der Waals surface area contributed by atoms with E-state index in [1.54, 1.807) is 0 Å². The van der Waals surface area contributed by atoms with Crippen LogP contribution in [0, 0.1) is 0 Å². The second-order valence-corrected chi connectivity index (χ2v) is 3.25. The van der Waals surface area contributed by atoms with Crippen molar-refractivity contribution < 1.29 is 19.0 Å². The van der Waals surface area contributed by atoms with Crippen molar-refractivity contribution in [3.8, 4) is 0 Å². The van der Waals surface area contributed by atoms with Gasteiger partial charge in [-0.05, 0) is 13.8 Å². The van der Waals surface area contributed by atoms with E-state index in [-0.39, 0.29) is 12.5 Å². The first-order chi connectivity index (χ1) is 7.74. The van der Waals surface area contributed by atoms with Gasteiger partial charge in [-0.3, -0.25) is 9.69 Å². The van der Waals surface area contributed by atoms with Gasteiger partial charge in [0, 0.05) is 26.3 Å². The van der Waals surface area contributed by atoms with E-state index >= 15 is 0 Å². The van der Waals surface area contributed by atoms with Crippen LogP contribution in [-0.2, 0) is 19.0 Å². The Morgan fingerprint density at radius 1 is 1.06 bits per heavy atom. The van der Waals surface area contributed by atoms with E-state index in [9.17, 15) is 4.79 Å². The van der Waals surface area contributed by atoms with Crippen LogP contribution in [0.25, 0.3) is 0 Å². The van der Waals surface area contributed by atoms with Gasteiger partial charge in [-0.1, -0.05) is 0 Å². The van der Waals surface area contributed by atoms with E-state index in [1.807, 2.05) is 18.7 Å². The number of ether oxygens (including phenoxy) is 3. The molecular formula is C11H23NO4. The average molecular weight is 233 g/mol. The molecule has 0 aliphatic rings. The lowest BCUT2D eigenvalue weighted by Crippen LogP contribution is -2.36. The third kappa shape index (κ3) is 8.64. The fourth-order valence-corrected chi connectivity index (χ4v) is 1.19. The summed E-state index contributed by atoms with van der Waals surface area (Å²) in [4.78, 5) is 13.1. The number of hydrogen-bond acceptors (Lipinski definition) is 5. The summed E-state index contributed by atoms with van der Waals surface area (Å²) in [5, 5.41) is 0. The normalized spacial score (nSPS) is 10.8. The van der Waals surface area contributed by atoms with Crippen LogP contribution in [0.5, 0.6) is 0 Å². The van der Waals surface area contributed by atoms with Crippen LogP contribution in [0.1, 0.15) is 13.8 Å². The van der Waals surface area contributed by atoms with E-state index in [1.165, 1.54) is 7.11 Å². The van der Waals surface area contributed by atoms with E-state index in [0.717, 1.165) is 13.1 Å². The van der Waals surface area contributed by atoms with E-state index in [2.05, 4.69) is 4.74 Å². The summed E-state index contributed by atoms with van der Waals surface area (Å²) in [5.74, 6) is -0.229. The minimum absolute atomic E-state index is 0.229. The van der Waals surface area contributed by atoms with Crippen LogP contribution >= 0.6 is 0 Å². The van der Waals surface area contributed by atoms with E-state index < -0.39 is 0 Å². The van der Waals surface area contributed by atoms with Crippen molar-refractivity contribution in [2.75, 3.05) is 53.2 Å². The minimum atomic E-state index is -0.229. The standard InChI is InChI=1S/C11H23NO4/c1-4-15-8-6-12(7-9-16-5-2)10-11(13)14-3/h4-10H2,1-3H3. The molecule has 0 fully saturated rings. The molecule has 0 saturated heterocycles. The smallest absolute Gasteiger partial charge is 0.319 e. The molecule has 0 aliphatic carbocycles. The summed E-state index contributed by atoms with van der Waals surface area (Å²) in [7, 11) is 1.39. The molecule has 5 heteroatoms. The topological polar surface area (TPSA) is 48.0 Å². The molecule has 0 radical (unpaired) electrons. The Hall–Kier alpha value is -0.650. The van der Waals surface area contributed by atoms with Crippen LogP contribution in [0.4, 0.5) is 0 Å². The largest absolute Gasteiger partial charge is 0.468 e. The molecule has 0 aromatic heterocycles. The predicted molar refractivity (Wildman–Crippen MR) is 61.4 cm³/mol. The lowest BCUT2D eigenvalue weighted by Gasteiger charge is -2.20. The summed E-state index contributed by atoms with van der Waals surface area (Å²) < 4.78 is 15.1. The molecular weight excluding hydrogens is 210 g/mol. The Morgan fingerprint density at radius 3 is 1.94 bits per heavy atom. The maximum absolute atomic E-state index is 11.1. The molecule has 0 aromatic carbocycles. The summed E-state index contributed by atoms with van der Waals surface area (Å²) in [5.41, 5.74) is 0. The monoisotopic (exact) mass is 233 g/mol. The summed E-state index contributed by atoms with van der Waals surface area (Å²) in [6.07, 6.45) is 0. The molecule has 0 rings (SSSR count). The Kier molecular flexibility index (Phi) is 10.4. The van der Waals surface area contributed by atoms with Gasteiger partial charge in [0.25, 0.3) is 0 Å². The van der Waals surface area contributed by atoms with Crippen LogP contribution in [0.2, 0.25) is 0 Å². The third-order valence-corrected chi connectivity index (χ3v) is 2.09. The highest BCUT2D eigenvalue weighted by Crippen LogP contribution is 1.91. The number of hydrogen-bond donors (Lipinski definition) is 0. The molecule has 0 aliphatic heterocycles. The fraction of sp³-hybridized carbons (Fsp3) is 0.909. The molecule has 0 N–H and O–H groups in total. The van der Waals surface area contributed by atoms with Gasteiger partial charge >= 0.3 is 5.97 Å². The first-order valence-electron chi connectivity index (χ1n) is 5.69. The maximum Gasteiger partial charge on any atom is 0.319 e. The Labute approximate surface area is 97.7 Å². The molecule has 5 nitrogen and oxygen atoms in total. The minimum Gasteiger partial charge on any atom is -0.468 e. The quantitative estimate of drug-likeness (QED) is 0.407. The van der Waals surface area contributed by atoms with Gasteiger partial charge in [-0.2, -0.15) is 0 Å². The number of methoxy groups -OCH3 is 1. The lowest BCUT2D eigenvalue weighted by molar-refractivity contribution is -0.142. The Balaban J connectivity index is 3.80. The maximum atomic E-state index is 11.1. The van der Waals surface area contributed by atoms with Gasteiger partial charge in [-0.25, -0.2) is 0 Å². The Morgan fingerprint density at radius 2 is 1.56 bits per heavy atom. The fourth-order valence-electron chi connectivity index (χ4n) is 1.19. The highest BCUT2D eigenvalue weighted by Gasteiger charge is 2.10. The molecule has 0 bridgehead atoms. The number of carbonyl (C=O) groups is 1. The zero-order valence-corrected chi connectivity index (χ0v) is 10.5. The SMILES string of the molecule is CCOCCN(CCOCC)CC(=O)OC. The highest BCUT2D eigenvalue weighted by molar-refractivity contribution is 5.71. The molecule has 16 heavy (non-hydrogen) atoms. The van der Waals surface area contributed by atoms with Crippen LogP contribution < -0.4 is 0 Å². The van der Waals surface area contributed by atoms with Crippen molar-refractivity contribution in [1.82, 2.24) is 4.90 Å². The number of esters is 1. The molecule has 96 valence electrons. The van der Waals surface area contributed by atoms with Gasteiger partial charge in [-0.15, -0.1) is 0 Å². The summed E-state index contributed by atoms with van der Waals surface area (Å²) in [6.45, 7) is 8.26. The number of carbonyl (C=O) groups excluding carboxylic acids is 1. The molecule has 0 saturated carbocycles. The van der Waals surface area contributed by atoms with Crippen molar-refractivity contribution in [1.29, 1.82) is 0 Å². The number of rotatable bonds is 10. The first kappa shape index (κ1) is 15.3. The van der Waals surface area contributed by atoms with Gasteiger partial charge in [0.2, 0.25) is 0 Å². The van der Waals surface area contributed by atoms with Crippen molar-refractivity contribution in [3.05, 3.63) is 0 Å². The van der Waals surface area contributed by atoms with E-state index in [0.29, 0.717) is 26.4 Å². The lowest BCUT2D eigenvalue weighted by atomic mass is 10.4. The second-order valence-electron chi connectivity index (χ2n) is 3.25. The summed E-state index contributed by atoms with van der Waals surface area (Å²) in [6, 6.07) is 0. The van der Waals surface area contributed by atoms with Gasteiger partial charge < -0.3 is 14.2 Å². The molecule has 0 atom stereocenters. The average Bonchev–Trinajstić information content (AvgIpc) is 2.29. The van der Waals surface area contributed by atoms with E-state index in [4.69, 9.17) is 9.47 Å². The van der Waals surface area contributed by atoms with Crippen LogP contribution in [-0.4, -0.2) is 64.0 Å². The second kappa shape index (κ2) is 10.9. The molecule has 0 amide bonds. The highest BCUT2D eigenvalue weighted by atomic mass is 16.5. The van der Waals surface area contributed by atoms with Crippen molar-refractivity contribution in [2.24, 2.45) is 0 Å².